The third-order valence-corrected chi connectivity index (χ3v) is 6.23. The molecule has 3 aromatic rings. The number of anilines is 1. The van der Waals surface area contributed by atoms with Crippen molar-refractivity contribution in [2.24, 2.45) is 5.92 Å². The van der Waals surface area contributed by atoms with Crippen LogP contribution in [0.15, 0.2) is 54.9 Å². The standard InChI is InChI=1S/C25H24ClN7O6/c1-39-25(38)32-12-15(13-32)10-20(23(35)28-19-6-2-16(3-7-19)24(36)37)29-22(34)9-4-17-11-18(26)5-8-21(17)33-14-27-30-31-33/h2-9,11,14-15,20H,10,12-13H2,1H3,(H,28,35)(H,29,34)(H,36,37)/b9-4+/t20-/m0/s1. The molecule has 0 aliphatic carbocycles. The first-order chi connectivity index (χ1) is 18.7. The zero-order chi connectivity index (χ0) is 27.9. The summed E-state index contributed by atoms with van der Waals surface area (Å²) in [5, 5.41) is 26.0. The van der Waals surface area contributed by atoms with Crippen molar-refractivity contribution >= 4 is 47.2 Å². The van der Waals surface area contributed by atoms with Gasteiger partial charge in [0.05, 0.1) is 18.4 Å². The van der Waals surface area contributed by atoms with Crippen LogP contribution in [-0.4, -0.2) is 80.3 Å². The lowest BCUT2D eigenvalue weighted by Gasteiger charge is -2.39. The number of methoxy groups -OCH3 is 1. The highest BCUT2D eigenvalue weighted by atomic mass is 35.5. The van der Waals surface area contributed by atoms with Gasteiger partial charge in [-0.25, -0.2) is 9.59 Å². The minimum absolute atomic E-state index is 0.0436. The molecule has 3 amide bonds. The number of nitrogens with one attached hydrogen (secondary N) is 2. The lowest BCUT2D eigenvalue weighted by atomic mass is 9.92. The molecule has 0 spiro atoms. The molecule has 0 bridgehead atoms. The highest BCUT2D eigenvalue weighted by Crippen LogP contribution is 2.23. The van der Waals surface area contributed by atoms with E-state index in [1.165, 1.54) is 59.4 Å². The molecule has 3 N–H and O–H groups in total. The van der Waals surface area contributed by atoms with E-state index in [9.17, 15) is 19.2 Å². The Kier molecular flexibility index (Phi) is 8.51. The summed E-state index contributed by atoms with van der Waals surface area (Å²) < 4.78 is 6.13. The lowest BCUT2D eigenvalue weighted by Crippen LogP contribution is -2.54. The normalized spacial score (nSPS) is 13.9. The van der Waals surface area contributed by atoms with Crippen LogP contribution < -0.4 is 10.6 Å². The van der Waals surface area contributed by atoms with Gasteiger partial charge in [-0.05, 0) is 71.3 Å². The number of carbonyl (C=O) groups is 4. The fourth-order valence-corrected chi connectivity index (χ4v) is 4.19. The fraction of sp³-hybridized carbons (Fsp3) is 0.240. The Labute approximate surface area is 227 Å². The van der Waals surface area contributed by atoms with Gasteiger partial charge in [0.2, 0.25) is 11.8 Å². The Morgan fingerprint density at radius 2 is 1.92 bits per heavy atom. The number of tetrazole rings is 1. The number of nitrogens with zero attached hydrogens (tertiary/aromatic N) is 5. The number of carbonyl (C=O) groups excluding carboxylic acids is 3. The zero-order valence-electron chi connectivity index (χ0n) is 20.7. The van der Waals surface area contributed by atoms with Gasteiger partial charge in [-0.1, -0.05) is 11.6 Å². The molecule has 1 atom stereocenters. The van der Waals surface area contributed by atoms with Crippen molar-refractivity contribution < 1.29 is 29.0 Å². The molecule has 202 valence electrons. The summed E-state index contributed by atoms with van der Waals surface area (Å²) in [6.45, 7) is 0.764. The van der Waals surface area contributed by atoms with E-state index in [2.05, 4.69) is 26.2 Å². The quantitative estimate of drug-likeness (QED) is 0.336. The number of amides is 3. The number of likely N-dealkylation sites (tertiary alicyclic amines) is 1. The second-order valence-corrected chi connectivity index (χ2v) is 9.14. The summed E-state index contributed by atoms with van der Waals surface area (Å²) in [6.07, 6.45) is 4.00. The Balaban J connectivity index is 1.47. The summed E-state index contributed by atoms with van der Waals surface area (Å²) in [7, 11) is 1.29. The average molecular weight is 554 g/mol. The highest BCUT2D eigenvalue weighted by molar-refractivity contribution is 6.30. The molecule has 1 aliphatic heterocycles. The van der Waals surface area contributed by atoms with E-state index in [-0.39, 0.29) is 17.9 Å². The predicted molar refractivity (Wildman–Crippen MR) is 139 cm³/mol. The van der Waals surface area contributed by atoms with Crippen LogP contribution in [0.3, 0.4) is 0 Å². The molecule has 0 saturated carbocycles. The Hall–Kier alpha value is -4.78. The first-order valence-corrected chi connectivity index (χ1v) is 12.1. The summed E-state index contributed by atoms with van der Waals surface area (Å²) in [5.74, 6) is -2.16. The third-order valence-electron chi connectivity index (χ3n) is 5.99. The topological polar surface area (TPSA) is 169 Å². The molecule has 39 heavy (non-hydrogen) atoms. The van der Waals surface area contributed by atoms with Crippen LogP contribution in [0.4, 0.5) is 10.5 Å². The predicted octanol–water partition coefficient (Wildman–Crippen LogP) is 2.24. The molecule has 1 aliphatic rings. The minimum Gasteiger partial charge on any atom is -0.478 e. The number of rotatable bonds is 9. The van der Waals surface area contributed by atoms with Gasteiger partial charge >= 0.3 is 12.1 Å². The second-order valence-electron chi connectivity index (χ2n) is 8.70. The maximum absolute atomic E-state index is 13.1. The van der Waals surface area contributed by atoms with Gasteiger partial charge in [0.25, 0.3) is 0 Å². The smallest absolute Gasteiger partial charge is 0.409 e. The molecule has 14 heteroatoms. The number of carboxylic acid groups (broad SMARTS) is 1. The van der Waals surface area contributed by atoms with E-state index >= 15 is 0 Å². The lowest BCUT2D eigenvalue weighted by molar-refractivity contribution is -0.124. The summed E-state index contributed by atoms with van der Waals surface area (Å²) in [4.78, 5) is 50.3. The van der Waals surface area contributed by atoms with Crippen LogP contribution in [0, 0.1) is 5.92 Å². The number of aromatic nitrogens is 4. The molecule has 13 nitrogen and oxygen atoms in total. The SMILES string of the molecule is COC(=O)N1CC(C[C@H](NC(=O)/C=C/c2cc(Cl)ccc2-n2cnnn2)C(=O)Nc2ccc(C(=O)O)cc2)C1. The Bertz CT molecular complexity index is 1390. The molecule has 1 aromatic heterocycles. The number of benzene rings is 2. The van der Waals surface area contributed by atoms with Crippen LogP contribution in [0.2, 0.25) is 5.02 Å². The molecule has 0 unspecified atom stereocenters. The number of ether oxygens (including phenoxy) is 1. The van der Waals surface area contributed by atoms with E-state index in [0.29, 0.717) is 35.1 Å². The molecular weight excluding hydrogens is 530 g/mol. The minimum atomic E-state index is -1.09. The summed E-state index contributed by atoms with van der Waals surface area (Å²) in [5.41, 5.74) is 1.60. The van der Waals surface area contributed by atoms with E-state index < -0.39 is 29.9 Å². The van der Waals surface area contributed by atoms with Crippen molar-refractivity contribution in [3.63, 3.8) is 0 Å². The number of carboxylic acids is 1. The van der Waals surface area contributed by atoms with E-state index in [1.54, 1.807) is 18.2 Å². The monoisotopic (exact) mass is 553 g/mol. The number of hydrogen-bond donors (Lipinski definition) is 3. The second kappa shape index (κ2) is 12.2. The van der Waals surface area contributed by atoms with Gasteiger partial charge in [-0.15, -0.1) is 5.10 Å². The van der Waals surface area contributed by atoms with Gasteiger partial charge in [0, 0.05) is 35.4 Å². The van der Waals surface area contributed by atoms with E-state index in [4.69, 9.17) is 21.4 Å². The number of halogens is 1. The Morgan fingerprint density at radius 1 is 1.18 bits per heavy atom. The van der Waals surface area contributed by atoms with Crippen molar-refractivity contribution in [3.05, 3.63) is 71.0 Å². The average Bonchev–Trinajstić information content (AvgIpc) is 3.43. The van der Waals surface area contributed by atoms with Crippen molar-refractivity contribution in [1.29, 1.82) is 0 Å². The van der Waals surface area contributed by atoms with Crippen LogP contribution >= 0.6 is 11.6 Å². The van der Waals surface area contributed by atoms with Crippen LogP contribution in [-0.2, 0) is 14.3 Å². The van der Waals surface area contributed by atoms with Gasteiger partial charge in [-0.3, -0.25) is 9.59 Å². The number of aromatic carboxylic acids is 1. The van der Waals surface area contributed by atoms with E-state index in [1.807, 2.05) is 0 Å². The van der Waals surface area contributed by atoms with E-state index in [0.717, 1.165) is 0 Å². The number of hydrogen-bond acceptors (Lipinski definition) is 8. The largest absolute Gasteiger partial charge is 0.478 e. The zero-order valence-corrected chi connectivity index (χ0v) is 21.4. The van der Waals surface area contributed by atoms with Crippen LogP contribution in [0.25, 0.3) is 11.8 Å². The van der Waals surface area contributed by atoms with Crippen molar-refractivity contribution in [2.45, 2.75) is 12.5 Å². The van der Waals surface area contributed by atoms with Crippen LogP contribution in [0.1, 0.15) is 22.3 Å². The van der Waals surface area contributed by atoms with Crippen LogP contribution in [0.5, 0.6) is 0 Å². The van der Waals surface area contributed by atoms with Gasteiger partial charge in [-0.2, -0.15) is 4.68 Å². The molecule has 1 fully saturated rings. The molecule has 2 aromatic carbocycles. The molecule has 4 rings (SSSR count). The first kappa shape index (κ1) is 27.3. The maximum Gasteiger partial charge on any atom is 0.409 e. The molecule has 0 radical (unpaired) electrons. The summed E-state index contributed by atoms with van der Waals surface area (Å²) >= 11 is 6.13. The Morgan fingerprint density at radius 3 is 2.56 bits per heavy atom. The summed E-state index contributed by atoms with van der Waals surface area (Å²) in [6, 6.07) is 9.71. The fourth-order valence-electron chi connectivity index (χ4n) is 4.01. The highest BCUT2D eigenvalue weighted by Gasteiger charge is 2.35. The maximum atomic E-state index is 13.1. The van der Waals surface area contributed by atoms with Crippen molar-refractivity contribution in [2.75, 3.05) is 25.5 Å². The third kappa shape index (κ3) is 6.96. The molecule has 2 heterocycles. The first-order valence-electron chi connectivity index (χ1n) is 11.7. The van der Waals surface area contributed by atoms with Gasteiger partial charge < -0.3 is 25.4 Å². The van der Waals surface area contributed by atoms with Crippen molar-refractivity contribution in [3.8, 4) is 5.69 Å². The van der Waals surface area contributed by atoms with Gasteiger partial charge in [0.15, 0.2) is 0 Å². The van der Waals surface area contributed by atoms with Gasteiger partial charge in [0.1, 0.15) is 12.4 Å². The molecule has 1 saturated heterocycles. The molecular formula is C25H24ClN7O6. The van der Waals surface area contributed by atoms with Crippen molar-refractivity contribution in [1.82, 2.24) is 30.4 Å².